The average molecular weight is 385 g/mol. The van der Waals surface area contributed by atoms with Crippen molar-refractivity contribution in [3.05, 3.63) is 47.9 Å². The lowest BCUT2D eigenvalue weighted by molar-refractivity contribution is 0.0634. The number of piperazine rings is 1. The largest absolute Gasteiger partial charge is 0.486 e. The Morgan fingerprint density at radius 3 is 2.46 bits per heavy atom. The summed E-state index contributed by atoms with van der Waals surface area (Å²) in [5, 5.41) is 2.95. The fourth-order valence-corrected chi connectivity index (χ4v) is 3.34. The molecule has 8 nitrogen and oxygen atoms in total. The molecular weight excluding hydrogens is 362 g/mol. The third-order valence-electron chi connectivity index (χ3n) is 4.88. The molecule has 0 atom stereocenters. The first-order valence-electron chi connectivity index (χ1n) is 9.45. The Bertz CT molecular complexity index is 828. The van der Waals surface area contributed by atoms with E-state index in [1.54, 1.807) is 21.9 Å². The van der Waals surface area contributed by atoms with Crippen LogP contribution < -0.4 is 14.8 Å². The van der Waals surface area contributed by atoms with Gasteiger partial charge in [0.25, 0.3) is 5.91 Å². The molecule has 0 spiro atoms. The minimum atomic E-state index is -0.135. The Balaban J connectivity index is 1.21. The number of carbonyl (C=O) groups is 2. The molecule has 0 bridgehead atoms. The number of rotatable bonds is 4. The topological polar surface area (TPSA) is 84.3 Å². The third-order valence-corrected chi connectivity index (χ3v) is 4.88. The quantitative estimate of drug-likeness (QED) is 0.867. The van der Waals surface area contributed by atoms with Crippen LogP contribution in [0, 0.1) is 0 Å². The molecule has 1 N–H and O–H groups in total. The Morgan fingerprint density at radius 2 is 1.71 bits per heavy atom. The number of benzene rings is 1. The monoisotopic (exact) mass is 385 g/mol. The van der Waals surface area contributed by atoms with Crippen LogP contribution >= 0.6 is 0 Å². The van der Waals surface area contributed by atoms with Crippen LogP contribution in [0.25, 0.3) is 0 Å². The molecule has 1 fully saturated rings. The van der Waals surface area contributed by atoms with Crippen LogP contribution in [-0.2, 0) is 6.42 Å². The summed E-state index contributed by atoms with van der Waals surface area (Å²) in [6.45, 7) is 3.66. The number of fused-ring (bicyclic) bond motifs is 1. The van der Waals surface area contributed by atoms with Gasteiger partial charge in [-0.3, -0.25) is 4.79 Å². The van der Waals surface area contributed by atoms with Gasteiger partial charge in [-0.15, -0.1) is 0 Å². The van der Waals surface area contributed by atoms with Crippen molar-refractivity contribution in [3.8, 4) is 11.5 Å². The highest BCUT2D eigenvalue weighted by Crippen LogP contribution is 2.30. The molecule has 0 aliphatic carbocycles. The van der Waals surface area contributed by atoms with E-state index in [4.69, 9.17) is 13.9 Å². The van der Waals surface area contributed by atoms with Gasteiger partial charge in [0.1, 0.15) is 13.2 Å². The summed E-state index contributed by atoms with van der Waals surface area (Å²) in [5.74, 6) is 1.72. The molecular formula is C20H23N3O5. The standard InChI is InChI=1S/C20H23N3O5/c24-19(17-2-1-11-26-17)22-7-9-23(10-8-22)20(25)21-6-5-15-3-4-16-18(14-15)28-13-12-27-16/h1-4,11,14H,5-10,12-13H2,(H,21,25). The SMILES string of the molecule is O=C(NCCc1ccc2c(c1)OCCO2)N1CCN(C(=O)c2ccco2)CC1. The molecule has 0 saturated carbocycles. The van der Waals surface area contributed by atoms with Crippen molar-refractivity contribution in [2.75, 3.05) is 45.9 Å². The zero-order chi connectivity index (χ0) is 19.3. The minimum absolute atomic E-state index is 0.109. The number of hydrogen-bond donors (Lipinski definition) is 1. The molecule has 8 heteroatoms. The summed E-state index contributed by atoms with van der Waals surface area (Å²) in [7, 11) is 0. The molecule has 0 radical (unpaired) electrons. The summed E-state index contributed by atoms with van der Waals surface area (Å²) < 4.78 is 16.2. The number of ether oxygens (including phenoxy) is 2. The molecule has 3 amide bonds. The first-order valence-corrected chi connectivity index (χ1v) is 9.45. The Kier molecular flexibility index (Phi) is 5.36. The minimum Gasteiger partial charge on any atom is -0.486 e. The highest BCUT2D eigenvalue weighted by molar-refractivity contribution is 5.91. The fourth-order valence-electron chi connectivity index (χ4n) is 3.34. The molecule has 2 aliphatic heterocycles. The van der Waals surface area contributed by atoms with E-state index in [0.717, 1.165) is 17.1 Å². The van der Waals surface area contributed by atoms with Gasteiger partial charge in [0.2, 0.25) is 0 Å². The number of amides is 3. The third kappa shape index (κ3) is 4.05. The lowest BCUT2D eigenvalue weighted by Gasteiger charge is -2.34. The van der Waals surface area contributed by atoms with Crippen LogP contribution in [0.1, 0.15) is 16.1 Å². The highest BCUT2D eigenvalue weighted by Gasteiger charge is 2.25. The zero-order valence-corrected chi connectivity index (χ0v) is 15.6. The first-order chi connectivity index (χ1) is 13.7. The van der Waals surface area contributed by atoms with Crippen molar-refractivity contribution in [2.45, 2.75) is 6.42 Å². The van der Waals surface area contributed by atoms with Crippen molar-refractivity contribution in [2.24, 2.45) is 0 Å². The zero-order valence-electron chi connectivity index (χ0n) is 15.6. The Hall–Kier alpha value is -3.16. The highest BCUT2D eigenvalue weighted by atomic mass is 16.6. The molecule has 1 aromatic carbocycles. The molecule has 0 unspecified atom stereocenters. The predicted molar refractivity (Wildman–Crippen MR) is 101 cm³/mol. The van der Waals surface area contributed by atoms with Crippen molar-refractivity contribution in [1.82, 2.24) is 15.1 Å². The van der Waals surface area contributed by atoms with Crippen molar-refractivity contribution >= 4 is 11.9 Å². The van der Waals surface area contributed by atoms with E-state index in [1.807, 2.05) is 18.2 Å². The maximum Gasteiger partial charge on any atom is 0.317 e. The van der Waals surface area contributed by atoms with E-state index in [0.29, 0.717) is 58.1 Å². The van der Waals surface area contributed by atoms with Gasteiger partial charge in [-0.1, -0.05) is 6.07 Å². The van der Waals surface area contributed by atoms with Gasteiger partial charge < -0.3 is 29.0 Å². The summed E-state index contributed by atoms with van der Waals surface area (Å²) in [4.78, 5) is 28.1. The lowest BCUT2D eigenvalue weighted by atomic mass is 10.1. The molecule has 2 aromatic rings. The van der Waals surface area contributed by atoms with E-state index in [1.165, 1.54) is 6.26 Å². The van der Waals surface area contributed by atoms with Crippen molar-refractivity contribution < 1.29 is 23.5 Å². The summed E-state index contributed by atoms with van der Waals surface area (Å²) >= 11 is 0. The first kappa shape index (κ1) is 18.2. The number of hydrogen-bond acceptors (Lipinski definition) is 5. The van der Waals surface area contributed by atoms with Crippen LogP contribution in [0.5, 0.6) is 11.5 Å². The van der Waals surface area contributed by atoms with Gasteiger partial charge in [-0.25, -0.2) is 4.79 Å². The Morgan fingerprint density at radius 1 is 0.964 bits per heavy atom. The van der Waals surface area contributed by atoms with E-state index in [9.17, 15) is 9.59 Å². The fraction of sp³-hybridized carbons (Fsp3) is 0.400. The van der Waals surface area contributed by atoms with Crippen LogP contribution in [0.3, 0.4) is 0 Å². The number of nitrogens with zero attached hydrogens (tertiary/aromatic N) is 2. The van der Waals surface area contributed by atoms with Crippen LogP contribution in [0.2, 0.25) is 0 Å². The second kappa shape index (κ2) is 8.24. The summed E-state index contributed by atoms with van der Waals surface area (Å²) in [6.07, 6.45) is 2.19. The predicted octanol–water partition coefficient (Wildman–Crippen LogP) is 1.76. The molecule has 28 heavy (non-hydrogen) atoms. The Labute approximate surface area is 163 Å². The second-order valence-electron chi connectivity index (χ2n) is 6.72. The van der Waals surface area contributed by atoms with Crippen molar-refractivity contribution in [1.29, 1.82) is 0 Å². The van der Waals surface area contributed by atoms with Gasteiger partial charge in [0.05, 0.1) is 6.26 Å². The van der Waals surface area contributed by atoms with Crippen LogP contribution in [0.4, 0.5) is 4.79 Å². The van der Waals surface area contributed by atoms with E-state index in [2.05, 4.69) is 5.32 Å². The van der Waals surface area contributed by atoms with Crippen LogP contribution in [0.15, 0.2) is 41.0 Å². The summed E-state index contributed by atoms with van der Waals surface area (Å²) in [6, 6.07) is 9.08. The number of furan rings is 1. The van der Waals surface area contributed by atoms with Gasteiger partial charge >= 0.3 is 6.03 Å². The van der Waals surface area contributed by atoms with E-state index < -0.39 is 0 Å². The van der Waals surface area contributed by atoms with Gasteiger partial charge in [-0.2, -0.15) is 0 Å². The van der Waals surface area contributed by atoms with Crippen molar-refractivity contribution in [3.63, 3.8) is 0 Å². The van der Waals surface area contributed by atoms with E-state index >= 15 is 0 Å². The normalized spacial score (nSPS) is 16.0. The number of nitrogens with one attached hydrogen (secondary N) is 1. The number of urea groups is 1. The van der Waals surface area contributed by atoms with Gasteiger partial charge in [0, 0.05) is 32.7 Å². The maximum atomic E-state index is 12.4. The van der Waals surface area contributed by atoms with Gasteiger partial charge in [0.15, 0.2) is 17.3 Å². The smallest absolute Gasteiger partial charge is 0.317 e. The molecule has 1 aromatic heterocycles. The lowest BCUT2D eigenvalue weighted by Crippen LogP contribution is -2.53. The van der Waals surface area contributed by atoms with E-state index in [-0.39, 0.29) is 11.9 Å². The molecule has 4 rings (SSSR count). The van der Waals surface area contributed by atoms with Crippen LogP contribution in [-0.4, -0.2) is 67.7 Å². The second-order valence-corrected chi connectivity index (χ2v) is 6.72. The van der Waals surface area contributed by atoms with Gasteiger partial charge in [-0.05, 0) is 36.2 Å². The molecule has 1 saturated heterocycles. The molecule has 2 aliphatic rings. The average Bonchev–Trinajstić information content (AvgIpc) is 3.28. The maximum absolute atomic E-state index is 12.4. The molecule has 148 valence electrons. The molecule has 3 heterocycles. The number of carbonyl (C=O) groups excluding carboxylic acids is 2. The summed E-state index contributed by atoms with van der Waals surface area (Å²) in [5.41, 5.74) is 1.08.